The third-order valence-corrected chi connectivity index (χ3v) is 7.19. The van der Waals surface area contributed by atoms with Crippen molar-refractivity contribution in [3.8, 4) is 5.88 Å². The smallest absolute Gasteiger partial charge is 0.244 e. The molecule has 10 heteroatoms. The van der Waals surface area contributed by atoms with Gasteiger partial charge in [-0.2, -0.15) is 4.31 Å². The van der Waals surface area contributed by atoms with Gasteiger partial charge in [0, 0.05) is 63.4 Å². The molecule has 0 atom stereocenters. The number of ether oxygens (including phenoxy) is 1. The fourth-order valence-electron chi connectivity index (χ4n) is 3.58. The van der Waals surface area contributed by atoms with Gasteiger partial charge in [0.05, 0.1) is 19.2 Å². The molecule has 0 N–H and O–H groups in total. The molecule has 0 bridgehead atoms. The lowest BCUT2D eigenvalue weighted by molar-refractivity contribution is -0.139. The van der Waals surface area contributed by atoms with E-state index in [2.05, 4.69) is 14.9 Å². The normalized spacial score (nSPS) is 18.4. The summed E-state index contributed by atoms with van der Waals surface area (Å²) >= 11 is 0. The SMILES string of the molecule is COc1ccc(S(=O)(=O)N2CC(C(=O)N3CCN(c4ccncc4)CC3)C2)cn1. The van der Waals surface area contributed by atoms with E-state index in [1.807, 2.05) is 17.0 Å². The Morgan fingerprint density at radius 2 is 1.76 bits per heavy atom. The summed E-state index contributed by atoms with van der Waals surface area (Å²) in [7, 11) is -2.17. The number of aromatic nitrogens is 2. The summed E-state index contributed by atoms with van der Waals surface area (Å²) in [6.07, 6.45) is 4.80. The summed E-state index contributed by atoms with van der Waals surface area (Å²) in [4.78, 5) is 24.9. The number of piperazine rings is 1. The topological polar surface area (TPSA) is 95.9 Å². The largest absolute Gasteiger partial charge is 0.481 e. The van der Waals surface area contributed by atoms with Crippen LogP contribution in [0.5, 0.6) is 5.88 Å². The first-order chi connectivity index (χ1) is 14.0. The number of nitrogens with zero attached hydrogens (tertiary/aromatic N) is 5. The number of carbonyl (C=O) groups is 1. The van der Waals surface area contributed by atoms with Gasteiger partial charge in [0.1, 0.15) is 4.90 Å². The molecule has 29 heavy (non-hydrogen) atoms. The van der Waals surface area contributed by atoms with E-state index in [1.165, 1.54) is 29.7 Å². The average Bonchev–Trinajstić information content (AvgIpc) is 2.73. The van der Waals surface area contributed by atoms with Crippen LogP contribution >= 0.6 is 0 Å². The quantitative estimate of drug-likeness (QED) is 0.697. The number of pyridine rings is 2. The molecular formula is C19H23N5O4S. The zero-order valence-corrected chi connectivity index (χ0v) is 17.0. The Morgan fingerprint density at radius 1 is 1.07 bits per heavy atom. The molecule has 2 aromatic rings. The van der Waals surface area contributed by atoms with Crippen molar-refractivity contribution in [1.82, 2.24) is 19.2 Å². The molecule has 0 aliphatic carbocycles. The van der Waals surface area contributed by atoms with Crippen molar-refractivity contribution in [2.24, 2.45) is 5.92 Å². The first-order valence-corrected chi connectivity index (χ1v) is 10.9. The van der Waals surface area contributed by atoms with Crippen molar-refractivity contribution in [3.63, 3.8) is 0 Å². The van der Waals surface area contributed by atoms with Crippen LogP contribution in [0.2, 0.25) is 0 Å². The van der Waals surface area contributed by atoms with Gasteiger partial charge < -0.3 is 14.5 Å². The lowest BCUT2D eigenvalue weighted by Crippen LogP contribution is -2.59. The van der Waals surface area contributed by atoms with Gasteiger partial charge in [-0.3, -0.25) is 9.78 Å². The van der Waals surface area contributed by atoms with Gasteiger partial charge in [0.25, 0.3) is 0 Å². The van der Waals surface area contributed by atoms with Gasteiger partial charge in [-0.15, -0.1) is 0 Å². The van der Waals surface area contributed by atoms with Crippen molar-refractivity contribution in [2.45, 2.75) is 4.90 Å². The van der Waals surface area contributed by atoms with Crippen LogP contribution in [0.25, 0.3) is 0 Å². The van der Waals surface area contributed by atoms with E-state index in [1.54, 1.807) is 12.4 Å². The molecule has 1 amide bonds. The summed E-state index contributed by atoms with van der Waals surface area (Å²) in [5, 5.41) is 0. The van der Waals surface area contributed by atoms with Gasteiger partial charge in [0.2, 0.25) is 21.8 Å². The Morgan fingerprint density at radius 3 is 2.34 bits per heavy atom. The molecule has 0 aromatic carbocycles. The number of hydrogen-bond donors (Lipinski definition) is 0. The Kier molecular flexibility index (Phi) is 5.37. The molecule has 0 radical (unpaired) electrons. The van der Waals surface area contributed by atoms with Crippen LogP contribution in [0.3, 0.4) is 0 Å². The van der Waals surface area contributed by atoms with E-state index < -0.39 is 10.0 Å². The fraction of sp³-hybridized carbons (Fsp3) is 0.421. The van der Waals surface area contributed by atoms with Crippen LogP contribution in [-0.2, 0) is 14.8 Å². The zero-order chi connectivity index (χ0) is 20.4. The second-order valence-corrected chi connectivity index (χ2v) is 9.01. The molecule has 4 rings (SSSR count). The summed E-state index contributed by atoms with van der Waals surface area (Å²) in [5.41, 5.74) is 1.10. The standard InChI is InChI=1S/C19H23N5O4S/c1-28-18-3-2-17(12-21-18)29(26,27)24-13-15(14-24)19(25)23-10-8-22(9-11-23)16-4-6-20-7-5-16/h2-7,12,15H,8-11,13-14H2,1H3. The minimum atomic E-state index is -3.64. The van der Waals surface area contributed by atoms with Crippen LogP contribution in [0, 0.1) is 5.92 Å². The summed E-state index contributed by atoms with van der Waals surface area (Å²) in [5.74, 6) is 0.0914. The van der Waals surface area contributed by atoms with Gasteiger partial charge in [-0.25, -0.2) is 13.4 Å². The lowest BCUT2D eigenvalue weighted by atomic mass is 10.0. The molecular weight excluding hydrogens is 394 g/mol. The predicted octanol–water partition coefficient (Wildman–Crippen LogP) is 0.455. The number of methoxy groups -OCH3 is 1. The van der Waals surface area contributed by atoms with Crippen LogP contribution in [0.15, 0.2) is 47.8 Å². The maximum absolute atomic E-state index is 12.8. The Bertz CT molecular complexity index is 954. The molecule has 2 aliphatic heterocycles. The molecule has 4 heterocycles. The lowest BCUT2D eigenvalue weighted by Gasteiger charge is -2.42. The van der Waals surface area contributed by atoms with E-state index >= 15 is 0 Å². The number of anilines is 1. The maximum Gasteiger partial charge on any atom is 0.244 e. The average molecular weight is 417 g/mol. The number of rotatable bonds is 5. The van der Waals surface area contributed by atoms with Crippen LogP contribution in [0.4, 0.5) is 5.69 Å². The fourth-order valence-corrected chi connectivity index (χ4v) is 5.05. The summed E-state index contributed by atoms with van der Waals surface area (Å²) < 4.78 is 31.6. The van der Waals surface area contributed by atoms with Gasteiger partial charge in [-0.05, 0) is 18.2 Å². The van der Waals surface area contributed by atoms with Crippen molar-refractivity contribution in [1.29, 1.82) is 0 Å². The third kappa shape index (κ3) is 3.90. The first-order valence-electron chi connectivity index (χ1n) is 9.43. The first kappa shape index (κ1) is 19.6. The van der Waals surface area contributed by atoms with Crippen molar-refractivity contribution >= 4 is 21.6 Å². The molecule has 154 valence electrons. The minimum Gasteiger partial charge on any atom is -0.481 e. The highest BCUT2D eigenvalue weighted by atomic mass is 32.2. The molecule has 2 aliphatic rings. The van der Waals surface area contributed by atoms with Crippen molar-refractivity contribution in [2.75, 3.05) is 51.3 Å². The van der Waals surface area contributed by atoms with Crippen molar-refractivity contribution < 1.29 is 17.9 Å². The Balaban J connectivity index is 1.31. The Labute approximate surface area is 170 Å². The van der Waals surface area contributed by atoms with Gasteiger partial charge in [0.15, 0.2) is 0 Å². The summed E-state index contributed by atoms with van der Waals surface area (Å²) in [6.45, 7) is 3.18. The molecule has 2 aromatic heterocycles. The van der Waals surface area contributed by atoms with Crippen LogP contribution < -0.4 is 9.64 Å². The highest BCUT2D eigenvalue weighted by Gasteiger charge is 2.42. The predicted molar refractivity (Wildman–Crippen MR) is 106 cm³/mol. The van der Waals surface area contributed by atoms with Crippen molar-refractivity contribution in [3.05, 3.63) is 42.9 Å². The van der Waals surface area contributed by atoms with E-state index in [0.717, 1.165) is 18.8 Å². The molecule has 0 saturated carbocycles. The second kappa shape index (κ2) is 7.96. The zero-order valence-electron chi connectivity index (χ0n) is 16.1. The highest BCUT2D eigenvalue weighted by Crippen LogP contribution is 2.27. The maximum atomic E-state index is 12.8. The van der Waals surface area contributed by atoms with Crippen LogP contribution in [-0.4, -0.2) is 79.9 Å². The molecule has 9 nitrogen and oxygen atoms in total. The second-order valence-electron chi connectivity index (χ2n) is 7.07. The number of hydrogen-bond acceptors (Lipinski definition) is 7. The number of sulfonamides is 1. The Hall–Kier alpha value is -2.72. The third-order valence-electron chi connectivity index (χ3n) is 5.37. The van der Waals surface area contributed by atoms with E-state index in [9.17, 15) is 13.2 Å². The number of carbonyl (C=O) groups excluding carboxylic acids is 1. The highest BCUT2D eigenvalue weighted by molar-refractivity contribution is 7.89. The van der Waals surface area contributed by atoms with Gasteiger partial charge >= 0.3 is 0 Å². The van der Waals surface area contributed by atoms with Crippen LogP contribution in [0.1, 0.15) is 0 Å². The minimum absolute atomic E-state index is 0.0266. The molecule has 0 spiro atoms. The summed E-state index contributed by atoms with van der Waals surface area (Å²) in [6, 6.07) is 6.90. The molecule has 0 unspecified atom stereocenters. The van der Waals surface area contributed by atoms with E-state index in [-0.39, 0.29) is 29.8 Å². The van der Waals surface area contributed by atoms with E-state index in [4.69, 9.17) is 4.74 Å². The monoisotopic (exact) mass is 417 g/mol. The number of amides is 1. The van der Waals surface area contributed by atoms with E-state index in [0.29, 0.717) is 19.0 Å². The molecule has 2 fully saturated rings. The van der Waals surface area contributed by atoms with Gasteiger partial charge in [-0.1, -0.05) is 0 Å². The molecule has 2 saturated heterocycles.